The van der Waals surface area contributed by atoms with Gasteiger partial charge in [-0.2, -0.15) is 0 Å². The molecule has 0 spiro atoms. The summed E-state index contributed by atoms with van der Waals surface area (Å²) in [5.74, 6) is 1.92. The van der Waals surface area contributed by atoms with Crippen molar-refractivity contribution in [1.29, 1.82) is 0 Å². The van der Waals surface area contributed by atoms with Gasteiger partial charge in [-0.3, -0.25) is 23.6 Å². The summed E-state index contributed by atoms with van der Waals surface area (Å²) in [6, 6.07) is 3.67. The smallest absolute Gasteiger partial charge is 0.332 e. The SMILES string of the molecule is Cn1c(=O)c2[nH]c(C3CCN(C(=O)c4ccc(CN5CCCC5)o4)CC3)nc2n(C)c1=O. The third-order valence-electron chi connectivity index (χ3n) is 6.73. The van der Waals surface area contributed by atoms with Crippen molar-refractivity contribution in [3.8, 4) is 0 Å². The number of carbonyl (C=O) groups is 1. The van der Waals surface area contributed by atoms with Gasteiger partial charge in [0.15, 0.2) is 11.4 Å². The topological polar surface area (TPSA) is 109 Å². The lowest BCUT2D eigenvalue weighted by Crippen LogP contribution is -2.38. The van der Waals surface area contributed by atoms with Gasteiger partial charge in [0.1, 0.15) is 17.1 Å². The summed E-state index contributed by atoms with van der Waals surface area (Å²) < 4.78 is 8.30. The van der Waals surface area contributed by atoms with E-state index < -0.39 is 5.69 Å². The van der Waals surface area contributed by atoms with E-state index in [0.29, 0.717) is 35.8 Å². The molecule has 0 atom stereocenters. The molecule has 3 aromatic heterocycles. The van der Waals surface area contributed by atoms with E-state index >= 15 is 0 Å². The van der Waals surface area contributed by atoms with Crippen molar-refractivity contribution in [3.63, 3.8) is 0 Å². The van der Waals surface area contributed by atoms with E-state index in [1.165, 1.54) is 24.5 Å². The Morgan fingerprint density at radius 2 is 1.81 bits per heavy atom. The minimum atomic E-state index is -0.400. The van der Waals surface area contributed by atoms with Crippen LogP contribution in [0, 0.1) is 0 Å². The zero-order valence-corrected chi connectivity index (χ0v) is 18.5. The fourth-order valence-corrected chi connectivity index (χ4v) is 4.79. The molecule has 2 aliphatic heterocycles. The average molecular weight is 441 g/mol. The molecule has 2 saturated heterocycles. The molecule has 170 valence electrons. The molecular weight excluding hydrogens is 412 g/mol. The van der Waals surface area contributed by atoms with Crippen LogP contribution in [0.5, 0.6) is 0 Å². The molecule has 32 heavy (non-hydrogen) atoms. The normalized spacial score (nSPS) is 18.1. The minimum Gasteiger partial charge on any atom is -0.455 e. The summed E-state index contributed by atoms with van der Waals surface area (Å²) in [7, 11) is 3.07. The molecular formula is C22H28N6O4. The van der Waals surface area contributed by atoms with E-state index in [9.17, 15) is 14.4 Å². The van der Waals surface area contributed by atoms with Gasteiger partial charge in [0.05, 0.1) is 6.54 Å². The van der Waals surface area contributed by atoms with Gasteiger partial charge in [0.25, 0.3) is 11.5 Å². The Morgan fingerprint density at radius 3 is 2.53 bits per heavy atom. The van der Waals surface area contributed by atoms with Gasteiger partial charge in [-0.1, -0.05) is 0 Å². The lowest BCUT2D eigenvalue weighted by atomic mass is 9.96. The number of carbonyl (C=O) groups excluding carboxylic acids is 1. The molecule has 1 amide bonds. The minimum absolute atomic E-state index is 0.0861. The molecule has 0 saturated carbocycles. The summed E-state index contributed by atoms with van der Waals surface area (Å²) in [6.45, 7) is 4.09. The largest absolute Gasteiger partial charge is 0.455 e. The highest BCUT2D eigenvalue weighted by atomic mass is 16.4. The van der Waals surface area contributed by atoms with E-state index in [1.54, 1.807) is 13.1 Å². The highest BCUT2D eigenvalue weighted by molar-refractivity contribution is 5.91. The molecule has 10 nitrogen and oxygen atoms in total. The molecule has 0 bridgehead atoms. The Balaban J connectivity index is 1.26. The van der Waals surface area contributed by atoms with E-state index in [0.717, 1.165) is 42.8 Å². The highest BCUT2D eigenvalue weighted by Gasteiger charge is 2.29. The number of nitrogens with one attached hydrogen (secondary N) is 1. The average Bonchev–Trinajstić information content (AvgIpc) is 3.57. The molecule has 10 heteroatoms. The van der Waals surface area contributed by atoms with Crippen molar-refractivity contribution in [1.82, 2.24) is 28.9 Å². The summed E-state index contributed by atoms with van der Waals surface area (Å²) in [6.07, 6.45) is 3.89. The number of rotatable bonds is 4. The predicted molar refractivity (Wildman–Crippen MR) is 118 cm³/mol. The summed E-state index contributed by atoms with van der Waals surface area (Å²) in [4.78, 5) is 49.3. The van der Waals surface area contributed by atoms with Crippen LogP contribution in [0.1, 0.15) is 53.7 Å². The van der Waals surface area contributed by atoms with Gasteiger partial charge in [0, 0.05) is 33.1 Å². The molecule has 0 aliphatic carbocycles. The third kappa shape index (κ3) is 3.58. The van der Waals surface area contributed by atoms with E-state index in [2.05, 4.69) is 14.9 Å². The van der Waals surface area contributed by atoms with E-state index in [1.807, 2.05) is 11.0 Å². The number of likely N-dealkylation sites (tertiary alicyclic amines) is 2. The van der Waals surface area contributed by atoms with Gasteiger partial charge >= 0.3 is 5.69 Å². The Labute approximate surface area is 184 Å². The molecule has 0 aromatic carbocycles. The number of aromatic nitrogens is 4. The number of nitrogens with zero attached hydrogens (tertiary/aromatic N) is 5. The second-order valence-electron chi connectivity index (χ2n) is 8.84. The lowest BCUT2D eigenvalue weighted by Gasteiger charge is -2.30. The van der Waals surface area contributed by atoms with Crippen molar-refractivity contribution in [2.75, 3.05) is 26.2 Å². The molecule has 5 heterocycles. The second kappa shape index (κ2) is 8.09. The molecule has 0 unspecified atom stereocenters. The number of piperidine rings is 1. The Morgan fingerprint density at radius 1 is 1.09 bits per heavy atom. The standard InChI is InChI=1S/C22H28N6O4/c1-25-19-17(21(30)26(2)22(25)31)23-18(24-19)14-7-11-28(12-8-14)20(29)16-6-5-15(32-16)13-27-9-3-4-10-27/h5-6,14H,3-4,7-13H2,1-2H3,(H,23,24). The molecule has 5 rings (SSSR count). The van der Waals surface area contributed by atoms with Crippen molar-refractivity contribution in [2.45, 2.75) is 38.1 Å². The zero-order chi connectivity index (χ0) is 22.4. The maximum absolute atomic E-state index is 12.9. The van der Waals surface area contributed by atoms with Gasteiger partial charge in [-0.15, -0.1) is 0 Å². The summed E-state index contributed by atoms with van der Waals surface area (Å²) >= 11 is 0. The maximum Gasteiger partial charge on any atom is 0.332 e. The Bertz CT molecular complexity index is 1270. The number of fused-ring (bicyclic) bond motifs is 1. The number of furan rings is 1. The van der Waals surface area contributed by atoms with Gasteiger partial charge in [-0.05, 0) is 50.9 Å². The predicted octanol–water partition coefficient (Wildman–Crippen LogP) is 1.17. The first kappa shape index (κ1) is 20.7. The van der Waals surface area contributed by atoms with Crippen molar-refractivity contribution >= 4 is 17.1 Å². The molecule has 0 radical (unpaired) electrons. The van der Waals surface area contributed by atoms with Crippen LogP contribution in [0.3, 0.4) is 0 Å². The van der Waals surface area contributed by atoms with Crippen LogP contribution in [0.15, 0.2) is 26.1 Å². The monoisotopic (exact) mass is 440 g/mol. The first-order valence-corrected chi connectivity index (χ1v) is 11.2. The first-order chi connectivity index (χ1) is 15.4. The van der Waals surface area contributed by atoms with Crippen molar-refractivity contribution in [2.24, 2.45) is 14.1 Å². The van der Waals surface area contributed by atoms with Crippen molar-refractivity contribution in [3.05, 3.63) is 50.3 Å². The van der Waals surface area contributed by atoms with Crippen LogP contribution in [-0.2, 0) is 20.6 Å². The van der Waals surface area contributed by atoms with Crippen LogP contribution in [-0.4, -0.2) is 61.0 Å². The highest BCUT2D eigenvalue weighted by Crippen LogP contribution is 2.28. The Hall–Kier alpha value is -3.14. The van der Waals surface area contributed by atoms with Gasteiger partial charge < -0.3 is 14.3 Å². The number of amides is 1. The quantitative estimate of drug-likeness (QED) is 0.652. The molecule has 1 N–H and O–H groups in total. The van der Waals surface area contributed by atoms with Crippen LogP contribution in [0.4, 0.5) is 0 Å². The van der Waals surface area contributed by atoms with Gasteiger partial charge in [-0.25, -0.2) is 9.78 Å². The van der Waals surface area contributed by atoms with E-state index in [4.69, 9.17) is 4.42 Å². The van der Waals surface area contributed by atoms with Crippen LogP contribution in [0.2, 0.25) is 0 Å². The fraction of sp³-hybridized carbons (Fsp3) is 0.545. The zero-order valence-electron chi connectivity index (χ0n) is 18.5. The number of hydrogen-bond acceptors (Lipinski definition) is 6. The van der Waals surface area contributed by atoms with Crippen LogP contribution < -0.4 is 11.2 Å². The number of aryl methyl sites for hydroxylation is 1. The van der Waals surface area contributed by atoms with E-state index in [-0.39, 0.29) is 17.4 Å². The van der Waals surface area contributed by atoms with Crippen LogP contribution in [0.25, 0.3) is 11.2 Å². The molecule has 2 aliphatic rings. The number of aromatic amines is 1. The van der Waals surface area contributed by atoms with Crippen LogP contribution >= 0.6 is 0 Å². The number of imidazole rings is 1. The third-order valence-corrected chi connectivity index (χ3v) is 6.73. The lowest BCUT2D eigenvalue weighted by molar-refractivity contribution is 0.0675. The summed E-state index contributed by atoms with van der Waals surface area (Å²) in [5.41, 5.74) is -0.0718. The second-order valence-corrected chi connectivity index (χ2v) is 8.84. The van der Waals surface area contributed by atoms with Crippen molar-refractivity contribution < 1.29 is 9.21 Å². The number of H-pyrrole nitrogens is 1. The Kier molecular flexibility index (Phi) is 5.24. The molecule has 3 aromatic rings. The maximum atomic E-state index is 12.9. The molecule has 2 fully saturated rings. The van der Waals surface area contributed by atoms with Gasteiger partial charge in [0.2, 0.25) is 0 Å². The fourth-order valence-electron chi connectivity index (χ4n) is 4.79. The summed E-state index contributed by atoms with van der Waals surface area (Å²) in [5, 5.41) is 0. The first-order valence-electron chi connectivity index (χ1n) is 11.2. The number of hydrogen-bond donors (Lipinski definition) is 1.